The Morgan fingerprint density at radius 2 is 1.95 bits per heavy atom. The minimum atomic E-state index is 0.800. The van der Waals surface area contributed by atoms with Crippen molar-refractivity contribution in [1.29, 1.82) is 0 Å². The summed E-state index contributed by atoms with van der Waals surface area (Å²) in [4.78, 5) is 3.25. The molecule has 0 radical (unpaired) electrons. The lowest BCUT2D eigenvalue weighted by atomic mass is 10.1. The number of imidazole rings is 1. The molecular formula is C16H16N2S. The number of para-hydroxylation sites is 2. The van der Waals surface area contributed by atoms with Gasteiger partial charge in [-0.05, 0) is 43.3 Å². The maximum Gasteiger partial charge on any atom is 0.178 e. The van der Waals surface area contributed by atoms with Crippen molar-refractivity contribution in [3.8, 4) is 0 Å². The van der Waals surface area contributed by atoms with Crippen LogP contribution in [0.15, 0.2) is 48.5 Å². The van der Waals surface area contributed by atoms with Crippen LogP contribution in [0.4, 0.5) is 0 Å². The van der Waals surface area contributed by atoms with E-state index < -0.39 is 0 Å². The maximum absolute atomic E-state index is 5.40. The third kappa shape index (κ3) is 2.47. The molecule has 1 N–H and O–H groups in total. The number of fused-ring (bicyclic) bond motifs is 1. The number of H-pyrrole nitrogens is 1. The zero-order valence-electron chi connectivity index (χ0n) is 10.9. The van der Waals surface area contributed by atoms with Gasteiger partial charge < -0.3 is 9.55 Å². The van der Waals surface area contributed by atoms with Crippen LogP contribution < -0.4 is 0 Å². The van der Waals surface area contributed by atoms with Crippen molar-refractivity contribution in [3.05, 3.63) is 64.4 Å². The Morgan fingerprint density at radius 1 is 1.11 bits per heavy atom. The first-order valence-corrected chi connectivity index (χ1v) is 6.88. The van der Waals surface area contributed by atoms with Crippen molar-refractivity contribution < 1.29 is 0 Å². The molecule has 0 fully saturated rings. The number of hydrogen-bond acceptors (Lipinski definition) is 1. The highest BCUT2D eigenvalue weighted by Crippen LogP contribution is 2.14. The molecule has 0 amide bonds. The van der Waals surface area contributed by atoms with Gasteiger partial charge in [-0.3, -0.25) is 0 Å². The topological polar surface area (TPSA) is 20.7 Å². The molecule has 1 aromatic heterocycles. The minimum Gasteiger partial charge on any atom is -0.331 e. The van der Waals surface area contributed by atoms with Gasteiger partial charge in [0.25, 0.3) is 0 Å². The highest BCUT2D eigenvalue weighted by Gasteiger charge is 2.03. The lowest BCUT2D eigenvalue weighted by Gasteiger charge is -2.05. The standard InChI is InChI=1S/C16H16N2S/c1-12-5-4-6-13(11-12)9-10-18-15-8-3-2-7-14(15)17-16(18)19/h2-8,11H,9-10H2,1H3,(H,17,19). The van der Waals surface area contributed by atoms with E-state index in [-0.39, 0.29) is 0 Å². The van der Waals surface area contributed by atoms with E-state index in [1.54, 1.807) is 0 Å². The molecule has 0 aliphatic heterocycles. The van der Waals surface area contributed by atoms with Gasteiger partial charge in [0.2, 0.25) is 0 Å². The fourth-order valence-electron chi connectivity index (χ4n) is 2.44. The van der Waals surface area contributed by atoms with Crippen LogP contribution in [0.2, 0.25) is 0 Å². The maximum atomic E-state index is 5.40. The Kier molecular flexibility index (Phi) is 3.22. The lowest BCUT2D eigenvalue weighted by Crippen LogP contribution is -2.01. The molecule has 0 unspecified atom stereocenters. The third-order valence-electron chi connectivity index (χ3n) is 3.39. The number of aromatic nitrogens is 2. The van der Waals surface area contributed by atoms with Gasteiger partial charge in [-0.1, -0.05) is 42.0 Å². The van der Waals surface area contributed by atoms with Crippen LogP contribution in [-0.4, -0.2) is 9.55 Å². The van der Waals surface area contributed by atoms with Crippen LogP contribution in [0.1, 0.15) is 11.1 Å². The van der Waals surface area contributed by atoms with Crippen LogP contribution in [0.5, 0.6) is 0 Å². The highest BCUT2D eigenvalue weighted by atomic mass is 32.1. The Balaban J connectivity index is 1.90. The number of hydrogen-bond donors (Lipinski definition) is 1. The smallest absolute Gasteiger partial charge is 0.178 e. The van der Waals surface area contributed by atoms with E-state index in [9.17, 15) is 0 Å². The second-order valence-corrected chi connectivity index (χ2v) is 5.22. The zero-order valence-corrected chi connectivity index (χ0v) is 11.7. The molecule has 19 heavy (non-hydrogen) atoms. The number of aryl methyl sites for hydroxylation is 3. The van der Waals surface area contributed by atoms with E-state index in [0.717, 1.165) is 23.3 Å². The molecule has 0 aliphatic carbocycles. The molecule has 3 aromatic rings. The number of nitrogens with zero attached hydrogens (tertiary/aromatic N) is 1. The van der Waals surface area contributed by atoms with Crippen molar-refractivity contribution >= 4 is 23.3 Å². The monoisotopic (exact) mass is 268 g/mol. The molecule has 0 saturated heterocycles. The average molecular weight is 268 g/mol. The van der Waals surface area contributed by atoms with Crippen LogP contribution >= 0.6 is 12.2 Å². The molecular weight excluding hydrogens is 252 g/mol. The Morgan fingerprint density at radius 3 is 2.79 bits per heavy atom. The Labute approximate surface area is 117 Å². The second-order valence-electron chi connectivity index (χ2n) is 4.84. The molecule has 2 nitrogen and oxygen atoms in total. The summed E-state index contributed by atoms with van der Waals surface area (Å²) in [7, 11) is 0. The fourth-order valence-corrected chi connectivity index (χ4v) is 2.74. The minimum absolute atomic E-state index is 0.800. The fraction of sp³-hybridized carbons (Fsp3) is 0.188. The zero-order chi connectivity index (χ0) is 13.2. The number of benzene rings is 2. The van der Waals surface area contributed by atoms with Crippen molar-refractivity contribution in [3.63, 3.8) is 0 Å². The lowest BCUT2D eigenvalue weighted by molar-refractivity contribution is 0.706. The first-order valence-electron chi connectivity index (χ1n) is 6.47. The predicted octanol–water partition coefficient (Wildman–Crippen LogP) is 4.25. The SMILES string of the molecule is Cc1cccc(CCn2c(=S)[nH]c3ccccc32)c1. The summed E-state index contributed by atoms with van der Waals surface area (Å²) in [5.41, 5.74) is 4.95. The molecule has 3 heteroatoms. The molecule has 0 atom stereocenters. The van der Waals surface area contributed by atoms with Gasteiger partial charge in [0, 0.05) is 6.54 Å². The Hall–Kier alpha value is -1.87. The van der Waals surface area contributed by atoms with Crippen LogP contribution in [-0.2, 0) is 13.0 Å². The van der Waals surface area contributed by atoms with Crippen molar-refractivity contribution in [2.24, 2.45) is 0 Å². The van der Waals surface area contributed by atoms with Gasteiger partial charge in [-0.15, -0.1) is 0 Å². The summed E-state index contributed by atoms with van der Waals surface area (Å²) in [6.07, 6.45) is 0.998. The van der Waals surface area contributed by atoms with E-state index in [4.69, 9.17) is 12.2 Å². The molecule has 0 bridgehead atoms. The van der Waals surface area contributed by atoms with Gasteiger partial charge >= 0.3 is 0 Å². The molecule has 1 heterocycles. The van der Waals surface area contributed by atoms with Crippen LogP contribution in [0.25, 0.3) is 11.0 Å². The molecule has 0 aliphatic rings. The summed E-state index contributed by atoms with van der Waals surface area (Å²) in [5, 5.41) is 0. The van der Waals surface area contributed by atoms with Crippen molar-refractivity contribution in [2.45, 2.75) is 19.9 Å². The van der Waals surface area contributed by atoms with Gasteiger partial charge in [0.15, 0.2) is 4.77 Å². The normalized spacial score (nSPS) is 11.0. The van der Waals surface area contributed by atoms with Crippen molar-refractivity contribution in [1.82, 2.24) is 9.55 Å². The molecule has 0 spiro atoms. The van der Waals surface area contributed by atoms with Gasteiger partial charge in [0.05, 0.1) is 11.0 Å². The van der Waals surface area contributed by atoms with Gasteiger partial charge in [-0.2, -0.15) is 0 Å². The summed E-state index contributed by atoms with van der Waals surface area (Å²) >= 11 is 5.40. The van der Waals surface area contributed by atoms with Crippen molar-refractivity contribution in [2.75, 3.05) is 0 Å². The quantitative estimate of drug-likeness (QED) is 0.704. The van der Waals surface area contributed by atoms with Gasteiger partial charge in [0.1, 0.15) is 0 Å². The average Bonchev–Trinajstić information content (AvgIpc) is 2.72. The molecule has 96 valence electrons. The molecule has 3 rings (SSSR count). The summed E-state index contributed by atoms with van der Waals surface area (Å²) < 4.78 is 2.97. The van der Waals surface area contributed by atoms with Crippen LogP contribution in [0.3, 0.4) is 0 Å². The summed E-state index contributed by atoms with van der Waals surface area (Å²) in [6.45, 7) is 3.03. The van der Waals surface area contributed by atoms with E-state index in [1.165, 1.54) is 16.6 Å². The number of rotatable bonds is 3. The highest BCUT2D eigenvalue weighted by molar-refractivity contribution is 7.71. The summed E-state index contributed by atoms with van der Waals surface area (Å²) in [6, 6.07) is 16.9. The first-order chi connectivity index (χ1) is 9.24. The third-order valence-corrected chi connectivity index (χ3v) is 3.71. The van der Waals surface area contributed by atoms with E-state index >= 15 is 0 Å². The van der Waals surface area contributed by atoms with E-state index in [0.29, 0.717) is 0 Å². The van der Waals surface area contributed by atoms with Crippen LogP contribution in [0, 0.1) is 11.7 Å². The van der Waals surface area contributed by atoms with E-state index in [2.05, 4.69) is 52.9 Å². The van der Waals surface area contributed by atoms with Gasteiger partial charge in [-0.25, -0.2) is 0 Å². The Bertz CT molecular complexity index is 768. The van der Waals surface area contributed by atoms with E-state index in [1.807, 2.05) is 12.1 Å². The first kappa shape index (κ1) is 12.2. The number of nitrogens with one attached hydrogen (secondary N) is 1. The predicted molar refractivity (Wildman–Crippen MR) is 82.0 cm³/mol. The molecule has 0 saturated carbocycles. The number of aromatic amines is 1. The summed E-state index contributed by atoms with van der Waals surface area (Å²) in [5.74, 6) is 0. The largest absolute Gasteiger partial charge is 0.331 e. The second kappa shape index (κ2) is 5.02. The molecule has 2 aromatic carbocycles.